The molecule has 0 fully saturated rings. The summed E-state index contributed by atoms with van der Waals surface area (Å²) in [6.07, 6.45) is 6.19. The Morgan fingerprint density at radius 1 is 1.18 bits per heavy atom. The summed E-state index contributed by atoms with van der Waals surface area (Å²) in [5.41, 5.74) is 15.2. The van der Waals surface area contributed by atoms with Crippen molar-refractivity contribution in [2.45, 2.75) is 64.9 Å². The van der Waals surface area contributed by atoms with E-state index < -0.39 is 5.60 Å². The number of hydrogen-bond acceptors (Lipinski definition) is 6. The molecule has 1 atom stereocenters. The lowest BCUT2D eigenvalue weighted by molar-refractivity contribution is 0.00695. The maximum Gasteiger partial charge on any atom is 0.338 e. The van der Waals surface area contributed by atoms with Gasteiger partial charge in [0.1, 0.15) is 11.4 Å². The van der Waals surface area contributed by atoms with Crippen LogP contribution < -0.4 is 11.5 Å². The van der Waals surface area contributed by atoms with Crippen molar-refractivity contribution in [3.63, 3.8) is 0 Å². The molecule has 2 aromatic rings. The Labute approximate surface area is 166 Å². The minimum absolute atomic E-state index is 0.268. The van der Waals surface area contributed by atoms with Gasteiger partial charge in [0, 0.05) is 5.56 Å². The number of benzene rings is 1. The number of ether oxygens (including phenoxy) is 1. The first kappa shape index (κ1) is 20.1. The number of anilines is 2. The summed E-state index contributed by atoms with van der Waals surface area (Å²) in [5, 5.41) is 0. The van der Waals surface area contributed by atoms with Crippen molar-refractivity contribution in [2.24, 2.45) is 5.92 Å². The minimum atomic E-state index is -0.478. The van der Waals surface area contributed by atoms with Gasteiger partial charge in [-0.1, -0.05) is 12.1 Å². The molecule has 6 heteroatoms. The first-order valence-corrected chi connectivity index (χ1v) is 9.94. The molecule has 28 heavy (non-hydrogen) atoms. The molecule has 0 amide bonds. The van der Waals surface area contributed by atoms with E-state index in [9.17, 15) is 4.79 Å². The second-order valence-electron chi connectivity index (χ2n) is 8.59. The molecule has 0 saturated heterocycles. The third-order valence-electron chi connectivity index (χ3n) is 5.09. The van der Waals surface area contributed by atoms with Crippen LogP contribution in [0.5, 0.6) is 0 Å². The van der Waals surface area contributed by atoms with E-state index >= 15 is 0 Å². The van der Waals surface area contributed by atoms with Crippen LogP contribution in [0.25, 0.3) is 0 Å². The van der Waals surface area contributed by atoms with E-state index in [0.29, 0.717) is 17.3 Å². The van der Waals surface area contributed by atoms with Gasteiger partial charge in [-0.25, -0.2) is 9.78 Å². The van der Waals surface area contributed by atoms with E-state index in [2.05, 4.69) is 9.97 Å². The van der Waals surface area contributed by atoms with Crippen LogP contribution in [0.2, 0.25) is 0 Å². The zero-order valence-electron chi connectivity index (χ0n) is 17.0. The number of esters is 1. The number of nitrogens with two attached hydrogens (primary N) is 2. The van der Waals surface area contributed by atoms with E-state index in [0.717, 1.165) is 49.8 Å². The largest absolute Gasteiger partial charge is 0.456 e. The molecule has 1 aliphatic carbocycles. The first-order chi connectivity index (χ1) is 13.2. The van der Waals surface area contributed by atoms with Gasteiger partial charge in [0.05, 0.1) is 11.3 Å². The fraction of sp³-hybridized carbons (Fsp3) is 0.500. The molecule has 1 aliphatic rings. The summed E-state index contributed by atoms with van der Waals surface area (Å²) in [6.45, 7) is 5.62. The SMILES string of the molecule is CC(C)(C)OC(=O)c1ccc(CCCC2CCc3nc(N)nc(N)c3C2)cc1. The van der Waals surface area contributed by atoms with Crippen molar-refractivity contribution in [3.05, 3.63) is 46.6 Å². The number of carbonyl (C=O) groups is 1. The van der Waals surface area contributed by atoms with Gasteiger partial charge in [-0.3, -0.25) is 0 Å². The van der Waals surface area contributed by atoms with Crippen molar-refractivity contribution in [2.75, 3.05) is 11.5 Å². The topological polar surface area (TPSA) is 104 Å². The number of rotatable bonds is 5. The summed E-state index contributed by atoms with van der Waals surface area (Å²) in [4.78, 5) is 20.5. The Kier molecular flexibility index (Phi) is 5.87. The molecule has 0 spiro atoms. The van der Waals surface area contributed by atoms with Crippen LogP contribution in [0.15, 0.2) is 24.3 Å². The molecular weight excluding hydrogens is 352 g/mol. The lowest BCUT2D eigenvalue weighted by Gasteiger charge is -2.24. The average Bonchev–Trinajstić information content (AvgIpc) is 2.61. The van der Waals surface area contributed by atoms with Crippen LogP contribution in [0.1, 0.15) is 67.2 Å². The number of nitrogen functional groups attached to an aromatic ring is 2. The van der Waals surface area contributed by atoms with Crippen molar-refractivity contribution < 1.29 is 9.53 Å². The molecule has 1 aromatic carbocycles. The Bertz CT molecular complexity index is 841. The van der Waals surface area contributed by atoms with Gasteiger partial charge in [0.15, 0.2) is 0 Å². The monoisotopic (exact) mass is 382 g/mol. The zero-order valence-corrected chi connectivity index (χ0v) is 17.0. The molecule has 1 unspecified atom stereocenters. The van der Waals surface area contributed by atoms with Crippen LogP contribution in [-0.2, 0) is 24.0 Å². The second-order valence-corrected chi connectivity index (χ2v) is 8.59. The smallest absolute Gasteiger partial charge is 0.338 e. The van der Waals surface area contributed by atoms with Crippen molar-refractivity contribution in [3.8, 4) is 0 Å². The lowest BCUT2D eigenvalue weighted by atomic mass is 9.83. The zero-order chi connectivity index (χ0) is 20.3. The molecule has 1 heterocycles. The van der Waals surface area contributed by atoms with E-state index in [1.807, 2.05) is 45.0 Å². The molecule has 6 nitrogen and oxygen atoms in total. The summed E-state index contributed by atoms with van der Waals surface area (Å²) in [6, 6.07) is 7.74. The molecule has 3 rings (SSSR count). The first-order valence-electron chi connectivity index (χ1n) is 9.94. The Morgan fingerprint density at radius 3 is 2.57 bits per heavy atom. The minimum Gasteiger partial charge on any atom is -0.456 e. The molecule has 150 valence electrons. The highest BCUT2D eigenvalue weighted by Crippen LogP contribution is 2.30. The van der Waals surface area contributed by atoms with E-state index in [1.165, 1.54) is 5.56 Å². The highest BCUT2D eigenvalue weighted by Gasteiger charge is 2.22. The predicted molar refractivity (Wildman–Crippen MR) is 111 cm³/mol. The molecule has 0 radical (unpaired) electrons. The van der Waals surface area contributed by atoms with Gasteiger partial charge in [-0.15, -0.1) is 0 Å². The summed E-state index contributed by atoms with van der Waals surface area (Å²) in [5.74, 6) is 1.12. The standard InChI is InChI=1S/C22H30N4O2/c1-22(2,3)28-20(27)16-10-7-14(8-11-16)5-4-6-15-9-12-18-17(13-15)19(23)26-21(24)25-18/h7-8,10-11,15H,4-6,9,12-13H2,1-3H3,(H4,23,24,25,26). The average molecular weight is 383 g/mol. The number of hydrogen-bond donors (Lipinski definition) is 2. The quantitative estimate of drug-likeness (QED) is 0.764. The van der Waals surface area contributed by atoms with Crippen molar-refractivity contribution in [1.82, 2.24) is 9.97 Å². The molecular formula is C22H30N4O2. The van der Waals surface area contributed by atoms with Crippen LogP contribution in [-0.4, -0.2) is 21.5 Å². The number of aryl methyl sites for hydroxylation is 2. The number of aromatic nitrogens is 2. The molecule has 4 N–H and O–H groups in total. The summed E-state index contributed by atoms with van der Waals surface area (Å²) in [7, 11) is 0. The summed E-state index contributed by atoms with van der Waals surface area (Å²) < 4.78 is 5.40. The van der Waals surface area contributed by atoms with Crippen LogP contribution >= 0.6 is 0 Å². The summed E-state index contributed by atoms with van der Waals surface area (Å²) >= 11 is 0. The lowest BCUT2D eigenvalue weighted by Crippen LogP contribution is -2.23. The van der Waals surface area contributed by atoms with Crippen molar-refractivity contribution in [1.29, 1.82) is 0 Å². The van der Waals surface area contributed by atoms with Gasteiger partial charge < -0.3 is 16.2 Å². The Morgan fingerprint density at radius 2 is 1.89 bits per heavy atom. The molecule has 0 saturated carbocycles. The third kappa shape index (κ3) is 5.21. The number of fused-ring (bicyclic) bond motifs is 1. The second kappa shape index (κ2) is 8.17. The van der Waals surface area contributed by atoms with Gasteiger partial charge in [-0.05, 0) is 82.9 Å². The van der Waals surface area contributed by atoms with Gasteiger partial charge in [0.2, 0.25) is 5.95 Å². The predicted octanol–water partition coefficient (Wildman–Crippen LogP) is 3.72. The van der Waals surface area contributed by atoms with Gasteiger partial charge >= 0.3 is 5.97 Å². The Hall–Kier alpha value is -2.63. The molecule has 0 bridgehead atoms. The maximum absolute atomic E-state index is 12.1. The number of nitrogens with zero attached hydrogens (tertiary/aromatic N) is 2. The van der Waals surface area contributed by atoms with Crippen LogP contribution in [0.3, 0.4) is 0 Å². The van der Waals surface area contributed by atoms with Gasteiger partial charge in [0.25, 0.3) is 0 Å². The Balaban J connectivity index is 1.50. The van der Waals surface area contributed by atoms with Crippen LogP contribution in [0, 0.1) is 5.92 Å². The highest BCUT2D eigenvalue weighted by molar-refractivity contribution is 5.89. The van der Waals surface area contributed by atoms with Gasteiger partial charge in [-0.2, -0.15) is 4.98 Å². The molecule has 0 aliphatic heterocycles. The maximum atomic E-state index is 12.1. The van der Waals surface area contributed by atoms with E-state index in [4.69, 9.17) is 16.2 Å². The molecule has 1 aromatic heterocycles. The van der Waals surface area contributed by atoms with Crippen LogP contribution in [0.4, 0.5) is 11.8 Å². The van der Waals surface area contributed by atoms with E-state index in [1.54, 1.807) is 0 Å². The van der Waals surface area contributed by atoms with E-state index in [-0.39, 0.29) is 11.9 Å². The normalized spacial score (nSPS) is 16.5. The fourth-order valence-corrected chi connectivity index (χ4v) is 3.72. The highest BCUT2D eigenvalue weighted by atomic mass is 16.6. The van der Waals surface area contributed by atoms with Crippen molar-refractivity contribution >= 4 is 17.7 Å². The fourth-order valence-electron chi connectivity index (χ4n) is 3.72. The number of carbonyl (C=O) groups excluding carboxylic acids is 1. The third-order valence-corrected chi connectivity index (χ3v) is 5.09.